The topological polar surface area (TPSA) is 225 Å². The van der Waals surface area contributed by atoms with Crippen LogP contribution in [-0.2, 0) is 30.6 Å². The monoisotopic (exact) mass is 635 g/mol. The molecule has 1 saturated heterocycles. The Labute approximate surface area is 253 Å². The molecule has 0 radical (unpaired) electrons. The number of phenolic OH excluding ortho intramolecular Hbond substituents is 2. The van der Waals surface area contributed by atoms with E-state index in [-0.39, 0.29) is 44.8 Å². The molecule has 0 saturated carbocycles. The minimum atomic E-state index is -1.78. The van der Waals surface area contributed by atoms with Crippen LogP contribution in [0.2, 0.25) is 0 Å². The van der Waals surface area contributed by atoms with Gasteiger partial charge in [0.25, 0.3) is 11.8 Å². The number of hydrogen-bond donors (Lipinski definition) is 6. The second-order valence-corrected chi connectivity index (χ2v) is 13.1. The average Bonchev–Trinajstić information content (AvgIpc) is 3.34. The molecule has 230 valence electrons. The fourth-order valence-corrected chi connectivity index (χ4v) is 6.43. The number of aliphatic carboxylic acids is 2. The average molecular weight is 636 g/mol. The lowest BCUT2D eigenvalue weighted by Gasteiger charge is -2.49. The van der Waals surface area contributed by atoms with Gasteiger partial charge in [0.05, 0.1) is 14.1 Å². The number of nitrogens with two attached hydrogens (primary N) is 1. The number of nitrogens with zero attached hydrogens (tertiary/aromatic N) is 4. The van der Waals surface area contributed by atoms with Crippen LogP contribution in [0.3, 0.4) is 0 Å². The number of carboxylic acids is 2. The van der Waals surface area contributed by atoms with Gasteiger partial charge in [-0.25, -0.2) is 14.6 Å². The summed E-state index contributed by atoms with van der Waals surface area (Å²) in [6.45, 7) is 3.14. The van der Waals surface area contributed by atoms with Gasteiger partial charge in [-0.15, -0.1) is 23.1 Å². The van der Waals surface area contributed by atoms with Gasteiger partial charge in [0.15, 0.2) is 22.3 Å². The Morgan fingerprint density at radius 3 is 2.49 bits per heavy atom. The quantitative estimate of drug-likeness (QED) is 0.0661. The van der Waals surface area contributed by atoms with E-state index in [1.54, 1.807) is 6.07 Å². The number of hydrogen-bond acceptors (Lipinski definition) is 12. The Kier molecular flexibility index (Phi) is 8.62. The number of nitrogens with one attached hydrogen (secondary N) is 1. The SMILES string of the molecule is CC(C)(O/N=C(\C(=O)NC1C(=O)N2C(C(=O)O)=C(C[N+](C)(C)Cc3ccc(O)c(O)c3)CSC12)c1csc(N)n1)C(=O)O. The van der Waals surface area contributed by atoms with Crippen LogP contribution in [0.15, 0.2) is 40.0 Å². The van der Waals surface area contributed by atoms with Gasteiger partial charge in [-0.2, -0.15) is 0 Å². The molecule has 2 aromatic rings. The molecular formula is C26H31N6O9S2+. The number of carbonyl (C=O) groups excluding carboxylic acids is 2. The van der Waals surface area contributed by atoms with E-state index in [4.69, 9.17) is 10.6 Å². The summed E-state index contributed by atoms with van der Waals surface area (Å²) < 4.78 is 0.285. The van der Waals surface area contributed by atoms with Crippen molar-refractivity contribution in [3.05, 3.63) is 46.1 Å². The first kappa shape index (κ1) is 31.6. The van der Waals surface area contributed by atoms with Crippen molar-refractivity contribution in [2.24, 2.45) is 5.16 Å². The summed E-state index contributed by atoms with van der Waals surface area (Å²) in [5.41, 5.74) is 4.60. The van der Waals surface area contributed by atoms with Gasteiger partial charge < -0.3 is 40.8 Å². The Morgan fingerprint density at radius 1 is 1.21 bits per heavy atom. The van der Waals surface area contributed by atoms with E-state index in [0.29, 0.717) is 12.1 Å². The smallest absolute Gasteiger partial charge is 0.352 e. The lowest BCUT2D eigenvalue weighted by atomic mass is 10.0. The van der Waals surface area contributed by atoms with Crippen molar-refractivity contribution in [3.8, 4) is 11.5 Å². The van der Waals surface area contributed by atoms with Gasteiger partial charge in [-0.1, -0.05) is 5.16 Å². The highest BCUT2D eigenvalue weighted by Gasteiger charge is 2.55. The summed E-state index contributed by atoms with van der Waals surface area (Å²) in [5.74, 6) is -4.38. The standard InChI is InChI=1S/C26H30N6O9S2/c1-26(2,24(39)40)41-30-17(14-11-43-25(27)28-14)20(35)29-18-21(36)31-19(23(37)38)13(10-42-22(18)31)9-32(3,4)8-12-5-6-15(33)16(34)7-12/h5-7,11,18,22H,8-10H2,1-4H3,(H6-,27,28,29,30,33,34,35,37,38,39,40)/p+1. The first-order valence-electron chi connectivity index (χ1n) is 12.8. The van der Waals surface area contributed by atoms with Crippen LogP contribution in [0.4, 0.5) is 5.13 Å². The molecular weight excluding hydrogens is 604 g/mol. The molecule has 2 aliphatic rings. The molecule has 0 aliphatic carbocycles. The fourth-order valence-electron chi connectivity index (χ4n) is 4.55. The molecule has 1 fully saturated rings. The number of likely N-dealkylation sites (N-methyl/N-ethyl adjacent to an activating group) is 1. The first-order chi connectivity index (χ1) is 20.0. The van der Waals surface area contributed by atoms with Crippen LogP contribution in [-0.4, -0.2) is 108 Å². The predicted octanol–water partition coefficient (Wildman–Crippen LogP) is 0.736. The number of phenols is 2. The molecule has 0 bridgehead atoms. The number of β-lactam (4-membered cyclic amide) rings is 1. The molecule has 1 aromatic carbocycles. The number of quaternary nitrogens is 1. The van der Waals surface area contributed by atoms with E-state index >= 15 is 0 Å². The van der Waals surface area contributed by atoms with Crippen LogP contribution >= 0.6 is 23.1 Å². The van der Waals surface area contributed by atoms with E-state index in [0.717, 1.165) is 21.8 Å². The number of rotatable bonds is 11. The van der Waals surface area contributed by atoms with E-state index < -0.39 is 46.5 Å². The Morgan fingerprint density at radius 2 is 1.91 bits per heavy atom. The van der Waals surface area contributed by atoms with Crippen molar-refractivity contribution in [1.29, 1.82) is 0 Å². The highest BCUT2D eigenvalue weighted by molar-refractivity contribution is 8.00. The van der Waals surface area contributed by atoms with Crippen LogP contribution < -0.4 is 11.1 Å². The lowest BCUT2D eigenvalue weighted by Crippen LogP contribution is -2.71. The van der Waals surface area contributed by atoms with Crippen LogP contribution in [0.5, 0.6) is 11.5 Å². The third-order valence-corrected chi connectivity index (χ3v) is 8.68. The number of aromatic nitrogens is 1. The van der Waals surface area contributed by atoms with Gasteiger partial charge >= 0.3 is 11.9 Å². The number of nitrogen functional groups attached to an aromatic ring is 1. The molecule has 2 aliphatic heterocycles. The highest BCUT2D eigenvalue weighted by Crippen LogP contribution is 2.41. The number of amides is 2. The van der Waals surface area contributed by atoms with Crippen molar-refractivity contribution >= 4 is 57.7 Å². The number of aromatic hydroxyl groups is 2. The lowest BCUT2D eigenvalue weighted by molar-refractivity contribution is -0.899. The number of oxime groups is 1. The van der Waals surface area contributed by atoms with E-state index in [9.17, 15) is 39.6 Å². The number of thioether (sulfide) groups is 1. The van der Waals surface area contributed by atoms with E-state index in [2.05, 4.69) is 15.5 Å². The number of thiazole rings is 1. The second kappa shape index (κ2) is 11.7. The zero-order valence-electron chi connectivity index (χ0n) is 23.6. The number of benzene rings is 1. The normalized spacial score (nSPS) is 19.0. The van der Waals surface area contributed by atoms with Crippen LogP contribution in [0.1, 0.15) is 25.1 Å². The summed E-state index contributed by atoms with van der Waals surface area (Å²) >= 11 is 2.30. The van der Waals surface area contributed by atoms with Crippen molar-refractivity contribution < 1.29 is 48.9 Å². The van der Waals surface area contributed by atoms with Crippen molar-refractivity contribution in [2.75, 3.05) is 32.1 Å². The summed E-state index contributed by atoms with van der Waals surface area (Å²) in [7, 11) is 3.74. The number of anilines is 1. The number of carbonyl (C=O) groups is 4. The van der Waals surface area contributed by atoms with E-state index in [1.807, 2.05) is 14.1 Å². The van der Waals surface area contributed by atoms with Gasteiger partial charge in [0.2, 0.25) is 5.60 Å². The van der Waals surface area contributed by atoms with Crippen LogP contribution in [0.25, 0.3) is 0 Å². The summed E-state index contributed by atoms with van der Waals surface area (Å²) in [5, 5.41) is 46.0. The third-order valence-electron chi connectivity index (χ3n) is 6.67. The minimum Gasteiger partial charge on any atom is -0.504 e. The summed E-state index contributed by atoms with van der Waals surface area (Å²) in [4.78, 5) is 60.6. The van der Waals surface area contributed by atoms with E-state index in [1.165, 1.54) is 43.1 Å². The molecule has 15 nitrogen and oxygen atoms in total. The third kappa shape index (κ3) is 6.68. The Hall–Kier alpha value is -4.35. The van der Waals surface area contributed by atoms with Crippen LogP contribution in [0, 0.1) is 0 Å². The zero-order chi connectivity index (χ0) is 31.9. The molecule has 1 aromatic heterocycles. The molecule has 2 unspecified atom stereocenters. The number of fused-ring (bicyclic) bond motifs is 1. The number of carboxylic acid groups (broad SMARTS) is 2. The molecule has 7 N–H and O–H groups in total. The fraction of sp³-hybridized carbons (Fsp3) is 0.385. The van der Waals surface area contributed by atoms with Crippen molar-refractivity contribution in [3.63, 3.8) is 0 Å². The molecule has 4 rings (SSSR count). The molecule has 17 heteroatoms. The van der Waals surface area contributed by atoms with Crippen molar-refractivity contribution in [1.82, 2.24) is 15.2 Å². The zero-order valence-corrected chi connectivity index (χ0v) is 25.2. The highest BCUT2D eigenvalue weighted by atomic mass is 32.2. The van der Waals surface area contributed by atoms with Gasteiger partial charge in [0.1, 0.15) is 35.9 Å². The van der Waals surface area contributed by atoms with Gasteiger partial charge in [0, 0.05) is 22.3 Å². The maximum atomic E-state index is 13.3. The largest absolute Gasteiger partial charge is 0.504 e. The molecule has 2 atom stereocenters. The minimum absolute atomic E-state index is 0.0106. The molecule has 3 heterocycles. The Bertz CT molecular complexity index is 1550. The molecule has 0 spiro atoms. The summed E-state index contributed by atoms with van der Waals surface area (Å²) in [6.07, 6.45) is 0. The molecule has 43 heavy (non-hydrogen) atoms. The van der Waals surface area contributed by atoms with Crippen molar-refractivity contribution in [2.45, 2.75) is 37.4 Å². The maximum absolute atomic E-state index is 13.3. The van der Waals surface area contributed by atoms with Gasteiger partial charge in [-0.3, -0.25) is 14.5 Å². The predicted molar refractivity (Wildman–Crippen MR) is 156 cm³/mol. The Balaban J connectivity index is 1.53. The summed E-state index contributed by atoms with van der Waals surface area (Å²) in [6, 6.07) is 3.37. The van der Waals surface area contributed by atoms with Gasteiger partial charge in [-0.05, 0) is 32.0 Å². The first-order valence-corrected chi connectivity index (χ1v) is 14.7. The molecule has 2 amide bonds. The maximum Gasteiger partial charge on any atom is 0.352 e. The second-order valence-electron chi connectivity index (χ2n) is 11.1.